The van der Waals surface area contributed by atoms with Crippen LogP contribution in [0.3, 0.4) is 0 Å². The molecule has 0 aliphatic heterocycles. The molecule has 1 aromatic heterocycles. The van der Waals surface area contributed by atoms with Crippen LogP contribution in [0.2, 0.25) is 24.2 Å². The molecule has 186 valence electrons. The van der Waals surface area contributed by atoms with Gasteiger partial charge in [0.25, 0.3) is 0 Å². The van der Waals surface area contributed by atoms with Crippen LogP contribution >= 0.6 is 11.6 Å². The minimum absolute atomic E-state index is 0.0367. The molecule has 1 unspecified atom stereocenters. The number of nitrogens with one attached hydrogen (secondary N) is 1. The van der Waals surface area contributed by atoms with E-state index in [1.165, 1.54) is 5.19 Å². The summed E-state index contributed by atoms with van der Waals surface area (Å²) in [4.78, 5) is 17.7. The van der Waals surface area contributed by atoms with Crippen molar-refractivity contribution in [3.63, 3.8) is 0 Å². The molecule has 0 spiro atoms. The van der Waals surface area contributed by atoms with E-state index in [0.29, 0.717) is 18.1 Å². The van der Waals surface area contributed by atoms with Crippen molar-refractivity contribution in [2.45, 2.75) is 38.4 Å². The van der Waals surface area contributed by atoms with Crippen LogP contribution in [-0.4, -0.2) is 25.6 Å². The van der Waals surface area contributed by atoms with Crippen LogP contribution in [0, 0.1) is 5.92 Å². The second kappa shape index (κ2) is 12.2. The van der Waals surface area contributed by atoms with E-state index in [2.05, 4.69) is 53.7 Å². The van der Waals surface area contributed by atoms with Crippen LogP contribution in [0.25, 0.3) is 10.9 Å². The number of halogens is 1. The van der Waals surface area contributed by atoms with E-state index in [1.807, 2.05) is 54.6 Å². The van der Waals surface area contributed by atoms with Gasteiger partial charge in [0.05, 0.1) is 25.9 Å². The standard InChI is InChI=1S/C30H33ClN2O2Si/c1-36(2,27-12-4-3-5-13-27)22-23(9-8-20-35-26-17-15-25(31)16-18-26)21-29(34)33-28-14-6-10-24-11-7-19-32-30(24)28/h3-7,10-19,23H,8-9,20-22H2,1-2H3,(H,33,34). The first-order valence-corrected chi connectivity index (χ1v) is 16.1. The van der Waals surface area contributed by atoms with Crippen molar-refractivity contribution >= 4 is 47.4 Å². The van der Waals surface area contributed by atoms with Crippen molar-refractivity contribution in [2.75, 3.05) is 11.9 Å². The van der Waals surface area contributed by atoms with Gasteiger partial charge in [-0.25, -0.2) is 0 Å². The number of nitrogens with zero attached hydrogens (tertiary/aromatic N) is 1. The monoisotopic (exact) mass is 516 g/mol. The molecule has 1 amide bonds. The minimum atomic E-state index is -1.72. The topological polar surface area (TPSA) is 51.2 Å². The van der Waals surface area contributed by atoms with Crippen molar-refractivity contribution in [2.24, 2.45) is 5.92 Å². The molecular formula is C30H33ClN2O2Si. The SMILES string of the molecule is C[Si](C)(CC(CCCOc1ccc(Cl)cc1)CC(=O)Nc1cccc2cccnc12)c1ccccc1. The van der Waals surface area contributed by atoms with E-state index in [4.69, 9.17) is 16.3 Å². The van der Waals surface area contributed by atoms with Crippen LogP contribution in [0.15, 0.2) is 91.1 Å². The molecule has 1 heterocycles. The molecule has 0 saturated carbocycles. The third-order valence-electron chi connectivity index (χ3n) is 6.57. The smallest absolute Gasteiger partial charge is 0.224 e. The van der Waals surface area contributed by atoms with Crippen LogP contribution in [-0.2, 0) is 4.79 Å². The number of para-hydroxylation sites is 1. The van der Waals surface area contributed by atoms with E-state index >= 15 is 0 Å². The zero-order valence-electron chi connectivity index (χ0n) is 20.9. The van der Waals surface area contributed by atoms with Gasteiger partial charge in [-0.15, -0.1) is 0 Å². The van der Waals surface area contributed by atoms with E-state index < -0.39 is 8.07 Å². The zero-order valence-corrected chi connectivity index (χ0v) is 22.7. The summed E-state index contributed by atoms with van der Waals surface area (Å²) in [5.41, 5.74) is 1.59. The normalized spacial score (nSPS) is 12.3. The van der Waals surface area contributed by atoms with Gasteiger partial charge in [0, 0.05) is 23.0 Å². The molecular weight excluding hydrogens is 484 g/mol. The maximum Gasteiger partial charge on any atom is 0.224 e. The molecule has 0 bridgehead atoms. The Hall–Kier alpha value is -3.15. The fraction of sp³-hybridized carbons (Fsp3) is 0.267. The predicted octanol–water partition coefficient (Wildman–Crippen LogP) is 7.31. The first kappa shape index (κ1) is 25.9. The highest BCUT2D eigenvalue weighted by atomic mass is 35.5. The molecule has 1 N–H and O–H groups in total. The predicted molar refractivity (Wildman–Crippen MR) is 153 cm³/mol. The van der Waals surface area contributed by atoms with Gasteiger partial charge in [0.2, 0.25) is 5.91 Å². The number of carbonyl (C=O) groups excluding carboxylic acids is 1. The number of hydrogen-bond acceptors (Lipinski definition) is 3. The van der Waals surface area contributed by atoms with E-state index in [0.717, 1.165) is 41.2 Å². The van der Waals surface area contributed by atoms with E-state index in [1.54, 1.807) is 6.20 Å². The molecule has 4 rings (SSSR count). The molecule has 4 aromatic rings. The molecule has 4 nitrogen and oxygen atoms in total. The molecule has 1 atom stereocenters. The number of hydrogen-bond donors (Lipinski definition) is 1. The van der Waals surface area contributed by atoms with Gasteiger partial charge in [-0.05, 0) is 55.2 Å². The maximum absolute atomic E-state index is 13.2. The second-order valence-corrected chi connectivity index (χ2v) is 15.1. The summed E-state index contributed by atoms with van der Waals surface area (Å²) < 4.78 is 5.92. The largest absolute Gasteiger partial charge is 0.494 e. The van der Waals surface area contributed by atoms with E-state index in [9.17, 15) is 4.79 Å². The molecule has 36 heavy (non-hydrogen) atoms. The molecule has 0 saturated heterocycles. The van der Waals surface area contributed by atoms with Gasteiger partial charge < -0.3 is 10.1 Å². The first-order chi connectivity index (χ1) is 17.4. The Labute approximate surface area is 219 Å². The van der Waals surface area contributed by atoms with Crippen molar-refractivity contribution in [1.82, 2.24) is 4.98 Å². The van der Waals surface area contributed by atoms with Crippen molar-refractivity contribution in [3.05, 3.63) is 96.1 Å². The third kappa shape index (κ3) is 7.18. The maximum atomic E-state index is 13.2. The number of carbonyl (C=O) groups is 1. The number of ether oxygens (including phenoxy) is 1. The molecule has 6 heteroatoms. The number of pyridine rings is 1. The fourth-order valence-corrected chi connectivity index (χ4v) is 8.01. The van der Waals surface area contributed by atoms with Crippen LogP contribution in [0.5, 0.6) is 5.75 Å². The average Bonchev–Trinajstić information content (AvgIpc) is 2.88. The third-order valence-corrected chi connectivity index (χ3v) is 10.3. The lowest BCUT2D eigenvalue weighted by Crippen LogP contribution is -2.43. The van der Waals surface area contributed by atoms with Gasteiger partial charge in [-0.3, -0.25) is 9.78 Å². The van der Waals surface area contributed by atoms with Gasteiger partial charge >= 0.3 is 0 Å². The lowest BCUT2D eigenvalue weighted by atomic mass is 10.0. The Kier molecular flexibility index (Phi) is 8.78. The second-order valence-electron chi connectivity index (χ2n) is 9.90. The highest BCUT2D eigenvalue weighted by Gasteiger charge is 2.28. The number of fused-ring (bicyclic) bond motifs is 1. The number of rotatable bonds is 11. The fourth-order valence-electron chi connectivity index (χ4n) is 4.77. The summed E-state index contributed by atoms with van der Waals surface area (Å²) in [6.45, 7) is 5.40. The van der Waals surface area contributed by atoms with E-state index in [-0.39, 0.29) is 11.8 Å². The Morgan fingerprint density at radius 2 is 1.72 bits per heavy atom. The molecule has 0 radical (unpaired) electrons. The van der Waals surface area contributed by atoms with Gasteiger partial charge in [-0.1, -0.05) is 84.5 Å². The summed E-state index contributed by atoms with van der Waals surface area (Å²) in [6.07, 6.45) is 4.05. The summed E-state index contributed by atoms with van der Waals surface area (Å²) in [5.74, 6) is 1.12. The van der Waals surface area contributed by atoms with Gasteiger partial charge in [0.15, 0.2) is 0 Å². The minimum Gasteiger partial charge on any atom is -0.494 e. The average molecular weight is 517 g/mol. The number of benzene rings is 3. The van der Waals surface area contributed by atoms with Crippen LogP contribution < -0.4 is 15.2 Å². The van der Waals surface area contributed by atoms with Crippen LogP contribution in [0.4, 0.5) is 5.69 Å². The Morgan fingerprint density at radius 3 is 2.50 bits per heavy atom. The zero-order chi connectivity index (χ0) is 25.4. The van der Waals surface area contributed by atoms with Crippen molar-refractivity contribution in [3.8, 4) is 5.75 Å². The Morgan fingerprint density at radius 1 is 0.972 bits per heavy atom. The highest BCUT2D eigenvalue weighted by Crippen LogP contribution is 2.27. The summed E-state index contributed by atoms with van der Waals surface area (Å²) >= 11 is 5.97. The number of amides is 1. The molecule has 3 aromatic carbocycles. The molecule has 0 aliphatic carbocycles. The molecule has 0 fully saturated rings. The Balaban J connectivity index is 1.42. The molecule has 0 aliphatic rings. The highest BCUT2D eigenvalue weighted by molar-refractivity contribution is 6.89. The first-order valence-electron chi connectivity index (χ1n) is 12.5. The number of aromatic nitrogens is 1. The van der Waals surface area contributed by atoms with Crippen molar-refractivity contribution < 1.29 is 9.53 Å². The lowest BCUT2D eigenvalue weighted by Gasteiger charge is -2.28. The summed E-state index contributed by atoms with van der Waals surface area (Å²) in [7, 11) is -1.72. The lowest BCUT2D eigenvalue weighted by molar-refractivity contribution is -0.117. The number of anilines is 1. The summed E-state index contributed by atoms with van der Waals surface area (Å²) in [5, 5.41) is 6.27. The van der Waals surface area contributed by atoms with Gasteiger partial charge in [0.1, 0.15) is 5.75 Å². The van der Waals surface area contributed by atoms with Crippen LogP contribution in [0.1, 0.15) is 19.3 Å². The van der Waals surface area contributed by atoms with Crippen molar-refractivity contribution in [1.29, 1.82) is 0 Å². The summed E-state index contributed by atoms with van der Waals surface area (Å²) in [6, 6.07) is 29.0. The Bertz CT molecular complexity index is 1270. The quantitative estimate of drug-likeness (QED) is 0.168. The van der Waals surface area contributed by atoms with Gasteiger partial charge in [-0.2, -0.15) is 0 Å².